The molecule has 1 unspecified atom stereocenters. The predicted octanol–water partition coefficient (Wildman–Crippen LogP) is 6.10. The second kappa shape index (κ2) is 6.65. The van der Waals surface area contributed by atoms with Crippen LogP contribution in [0.3, 0.4) is 0 Å². The second-order valence-corrected chi connectivity index (χ2v) is 5.96. The highest BCUT2D eigenvalue weighted by Crippen LogP contribution is 2.34. The second-order valence-electron chi connectivity index (χ2n) is 5.11. The Morgan fingerprint density at radius 2 is 1.75 bits per heavy atom. The molecule has 2 heteroatoms. The van der Waals surface area contributed by atoms with Crippen LogP contribution in [0.4, 0.5) is 0 Å². The van der Waals surface area contributed by atoms with Crippen molar-refractivity contribution in [2.24, 2.45) is 0 Å². The van der Waals surface area contributed by atoms with E-state index in [-0.39, 0.29) is 5.38 Å². The lowest BCUT2D eigenvalue weighted by Crippen LogP contribution is -2.00. The summed E-state index contributed by atoms with van der Waals surface area (Å²) < 4.78 is 0. The highest BCUT2D eigenvalue weighted by molar-refractivity contribution is 6.31. The van der Waals surface area contributed by atoms with Crippen molar-refractivity contribution in [2.45, 2.75) is 39.0 Å². The molecule has 0 saturated carbocycles. The number of hydrogen-bond acceptors (Lipinski definition) is 0. The van der Waals surface area contributed by atoms with Gasteiger partial charge in [-0.1, -0.05) is 55.8 Å². The van der Waals surface area contributed by atoms with Gasteiger partial charge in [-0.3, -0.25) is 0 Å². The van der Waals surface area contributed by atoms with E-state index in [9.17, 15) is 0 Å². The Balaban J connectivity index is 2.45. The van der Waals surface area contributed by atoms with Crippen LogP contribution in [-0.2, 0) is 12.8 Å². The van der Waals surface area contributed by atoms with Gasteiger partial charge in [-0.2, -0.15) is 0 Å². The molecule has 20 heavy (non-hydrogen) atoms. The molecule has 1 atom stereocenters. The van der Waals surface area contributed by atoms with Gasteiger partial charge in [-0.15, -0.1) is 11.6 Å². The van der Waals surface area contributed by atoms with Crippen molar-refractivity contribution in [1.82, 2.24) is 0 Å². The molecule has 0 aliphatic carbocycles. The summed E-state index contributed by atoms with van der Waals surface area (Å²) in [4.78, 5) is 0. The van der Waals surface area contributed by atoms with Crippen LogP contribution in [0.5, 0.6) is 0 Å². The molecule has 0 amide bonds. The molecular weight excluding hydrogens is 287 g/mol. The minimum atomic E-state index is -0.144. The zero-order valence-electron chi connectivity index (χ0n) is 12.2. The lowest BCUT2D eigenvalue weighted by Gasteiger charge is -2.16. The summed E-state index contributed by atoms with van der Waals surface area (Å²) in [5.41, 5.74) is 5.97. The van der Waals surface area contributed by atoms with Crippen molar-refractivity contribution in [1.29, 1.82) is 0 Å². The molecule has 2 aromatic rings. The maximum atomic E-state index is 6.71. The van der Waals surface area contributed by atoms with Crippen LogP contribution in [0.1, 0.15) is 47.0 Å². The monoisotopic (exact) mass is 306 g/mol. The molecule has 0 aliphatic heterocycles. The molecule has 2 rings (SSSR count). The first-order chi connectivity index (χ1) is 9.56. The Morgan fingerprint density at radius 3 is 2.35 bits per heavy atom. The van der Waals surface area contributed by atoms with E-state index in [0.717, 1.165) is 29.0 Å². The fraction of sp³-hybridized carbons (Fsp3) is 0.333. The van der Waals surface area contributed by atoms with Gasteiger partial charge in [0.1, 0.15) is 0 Å². The first-order valence-corrected chi connectivity index (χ1v) is 7.90. The molecule has 0 fully saturated rings. The van der Waals surface area contributed by atoms with E-state index in [1.54, 1.807) is 0 Å². The van der Waals surface area contributed by atoms with E-state index in [2.05, 4.69) is 38.1 Å². The van der Waals surface area contributed by atoms with Crippen molar-refractivity contribution < 1.29 is 0 Å². The molecule has 0 spiro atoms. The van der Waals surface area contributed by atoms with Crippen LogP contribution in [-0.4, -0.2) is 0 Å². The van der Waals surface area contributed by atoms with E-state index in [0.29, 0.717) is 0 Å². The Morgan fingerprint density at radius 1 is 1.00 bits per heavy atom. The summed E-state index contributed by atoms with van der Waals surface area (Å²) in [7, 11) is 0. The lowest BCUT2D eigenvalue weighted by atomic mass is 9.94. The molecule has 106 valence electrons. The fourth-order valence-electron chi connectivity index (χ4n) is 2.37. The Hall–Kier alpha value is -0.980. The molecule has 0 saturated heterocycles. The van der Waals surface area contributed by atoms with Crippen LogP contribution in [0.2, 0.25) is 5.02 Å². The minimum Gasteiger partial charge on any atom is -0.113 e. The van der Waals surface area contributed by atoms with Gasteiger partial charge in [-0.25, -0.2) is 0 Å². The predicted molar refractivity (Wildman–Crippen MR) is 89.1 cm³/mol. The topological polar surface area (TPSA) is 0 Å². The summed E-state index contributed by atoms with van der Waals surface area (Å²) >= 11 is 12.9. The van der Waals surface area contributed by atoms with E-state index >= 15 is 0 Å². The summed E-state index contributed by atoms with van der Waals surface area (Å²) in [6.07, 6.45) is 2.01. The summed E-state index contributed by atoms with van der Waals surface area (Å²) in [5.74, 6) is 0. The van der Waals surface area contributed by atoms with Gasteiger partial charge in [0, 0.05) is 5.02 Å². The van der Waals surface area contributed by atoms with Crippen LogP contribution in [0.25, 0.3) is 0 Å². The SMILES string of the molecule is CCc1ccc(CC)c(C(Cl)c2ccc(C)c(Cl)c2)c1. The molecule has 0 heterocycles. The Labute approximate surface area is 131 Å². The molecule has 0 bridgehead atoms. The first-order valence-electron chi connectivity index (χ1n) is 7.08. The number of hydrogen-bond donors (Lipinski definition) is 0. The van der Waals surface area contributed by atoms with Crippen molar-refractivity contribution in [2.75, 3.05) is 0 Å². The number of aryl methyl sites for hydroxylation is 3. The van der Waals surface area contributed by atoms with Gasteiger partial charge >= 0.3 is 0 Å². The maximum absolute atomic E-state index is 6.71. The van der Waals surface area contributed by atoms with Gasteiger partial charge in [-0.05, 0) is 53.6 Å². The normalized spacial score (nSPS) is 12.4. The van der Waals surface area contributed by atoms with Crippen molar-refractivity contribution in [3.05, 3.63) is 69.2 Å². The van der Waals surface area contributed by atoms with Gasteiger partial charge in [0.05, 0.1) is 5.38 Å². The van der Waals surface area contributed by atoms with Gasteiger partial charge < -0.3 is 0 Å². The smallest absolute Gasteiger partial charge is 0.0838 e. The molecule has 0 aliphatic rings. The molecule has 0 radical (unpaired) electrons. The van der Waals surface area contributed by atoms with Crippen LogP contribution in [0.15, 0.2) is 36.4 Å². The Bertz CT molecular complexity index is 602. The average molecular weight is 307 g/mol. The van der Waals surface area contributed by atoms with Gasteiger partial charge in [0.2, 0.25) is 0 Å². The van der Waals surface area contributed by atoms with Crippen molar-refractivity contribution in [3.63, 3.8) is 0 Å². The largest absolute Gasteiger partial charge is 0.113 e. The standard InChI is InChI=1S/C18H20Cl2/c1-4-13-7-9-14(5-2)16(10-13)18(20)15-8-6-12(3)17(19)11-15/h6-11,18H,4-5H2,1-3H3. The van der Waals surface area contributed by atoms with E-state index in [1.165, 1.54) is 16.7 Å². The van der Waals surface area contributed by atoms with Crippen molar-refractivity contribution in [3.8, 4) is 0 Å². The maximum Gasteiger partial charge on any atom is 0.0838 e. The van der Waals surface area contributed by atoms with E-state index in [4.69, 9.17) is 23.2 Å². The molecule has 0 nitrogen and oxygen atoms in total. The van der Waals surface area contributed by atoms with Gasteiger partial charge in [0.25, 0.3) is 0 Å². The van der Waals surface area contributed by atoms with Crippen molar-refractivity contribution >= 4 is 23.2 Å². The van der Waals surface area contributed by atoms with E-state index < -0.39 is 0 Å². The Kier molecular flexibility index (Phi) is 5.12. The molecule has 2 aromatic carbocycles. The van der Waals surface area contributed by atoms with Crippen LogP contribution >= 0.6 is 23.2 Å². The third kappa shape index (κ3) is 3.19. The zero-order valence-corrected chi connectivity index (χ0v) is 13.7. The molecule has 0 aromatic heterocycles. The number of halogens is 2. The number of rotatable bonds is 4. The highest BCUT2D eigenvalue weighted by Gasteiger charge is 2.15. The van der Waals surface area contributed by atoms with Crippen LogP contribution < -0.4 is 0 Å². The third-order valence-corrected chi connectivity index (χ3v) is 4.66. The zero-order chi connectivity index (χ0) is 14.7. The fourth-order valence-corrected chi connectivity index (χ4v) is 2.90. The third-order valence-electron chi connectivity index (χ3n) is 3.76. The summed E-state index contributed by atoms with van der Waals surface area (Å²) in [6, 6.07) is 12.7. The molecular formula is C18H20Cl2. The average Bonchev–Trinajstić information content (AvgIpc) is 2.48. The summed E-state index contributed by atoms with van der Waals surface area (Å²) in [6.45, 7) is 6.33. The van der Waals surface area contributed by atoms with E-state index in [1.807, 2.05) is 19.1 Å². The minimum absolute atomic E-state index is 0.144. The lowest BCUT2D eigenvalue weighted by molar-refractivity contribution is 1.02. The number of benzene rings is 2. The highest BCUT2D eigenvalue weighted by atomic mass is 35.5. The summed E-state index contributed by atoms with van der Waals surface area (Å²) in [5, 5.41) is 0.632. The van der Waals surface area contributed by atoms with Gasteiger partial charge in [0.15, 0.2) is 0 Å². The quantitative estimate of drug-likeness (QED) is 0.598. The number of alkyl halides is 1. The van der Waals surface area contributed by atoms with Crippen LogP contribution in [0, 0.1) is 6.92 Å². The first kappa shape index (κ1) is 15.4. The molecule has 0 N–H and O–H groups in total.